The third kappa shape index (κ3) is 2.09. The molecule has 0 spiro atoms. The van der Waals surface area contributed by atoms with Crippen molar-refractivity contribution in [3.63, 3.8) is 0 Å². The summed E-state index contributed by atoms with van der Waals surface area (Å²) in [7, 11) is 0. The van der Waals surface area contributed by atoms with Gasteiger partial charge in [-0.25, -0.2) is 4.98 Å². The Morgan fingerprint density at radius 1 is 1.64 bits per heavy atom. The van der Waals surface area contributed by atoms with Crippen LogP contribution in [0.15, 0.2) is 12.3 Å². The van der Waals surface area contributed by atoms with Gasteiger partial charge in [-0.2, -0.15) is 0 Å². The molecule has 3 heteroatoms. The van der Waals surface area contributed by atoms with E-state index in [9.17, 15) is 0 Å². The maximum absolute atomic E-state index is 5.70. The minimum absolute atomic E-state index is 0.634. The third-order valence-corrected chi connectivity index (χ3v) is 1.48. The van der Waals surface area contributed by atoms with Crippen LogP contribution >= 0.6 is 11.6 Å². The van der Waals surface area contributed by atoms with Crippen LogP contribution in [0.25, 0.3) is 0 Å². The van der Waals surface area contributed by atoms with E-state index in [4.69, 9.17) is 16.3 Å². The maximum atomic E-state index is 5.70. The molecular weight excluding hydrogens is 162 g/mol. The van der Waals surface area contributed by atoms with Gasteiger partial charge < -0.3 is 4.74 Å². The van der Waals surface area contributed by atoms with Gasteiger partial charge in [0, 0.05) is 11.8 Å². The predicted octanol–water partition coefficient (Wildman–Crippen LogP) is 2.44. The second-order valence-corrected chi connectivity index (χ2v) is 2.65. The predicted molar refractivity (Wildman–Crippen MR) is 45.2 cm³/mol. The fourth-order valence-electron chi connectivity index (χ4n) is 0.816. The fourth-order valence-corrected chi connectivity index (χ4v) is 1.03. The molecule has 0 saturated heterocycles. The maximum Gasteiger partial charge on any atom is 0.216 e. The minimum Gasteiger partial charge on any atom is -0.478 e. The summed E-state index contributed by atoms with van der Waals surface area (Å²) in [5.74, 6) is 0.664. The van der Waals surface area contributed by atoms with Gasteiger partial charge in [-0.05, 0) is 19.9 Å². The molecule has 0 N–H and O–H groups in total. The SMILES string of the molecule is CCOc1ncc(Cl)cc1C. The van der Waals surface area contributed by atoms with E-state index >= 15 is 0 Å². The third-order valence-electron chi connectivity index (χ3n) is 1.28. The molecule has 1 rings (SSSR count). The van der Waals surface area contributed by atoms with Crippen molar-refractivity contribution in [2.75, 3.05) is 6.61 Å². The van der Waals surface area contributed by atoms with E-state index in [2.05, 4.69) is 4.98 Å². The molecule has 0 aliphatic heterocycles. The number of ether oxygens (including phenoxy) is 1. The molecule has 11 heavy (non-hydrogen) atoms. The largest absolute Gasteiger partial charge is 0.478 e. The van der Waals surface area contributed by atoms with Gasteiger partial charge in [-0.3, -0.25) is 0 Å². The van der Waals surface area contributed by atoms with E-state index in [1.165, 1.54) is 0 Å². The number of hydrogen-bond acceptors (Lipinski definition) is 2. The van der Waals surface area contributed by atoms with E-state index in [1.807, 2.05) is 19.9 Å². The van der Waals surface area contributed by atoms with E-state index in [0.29, 0.717) is 17.5 Å². The molecule has 2 nitrogen and oxygen atoms in total. The van der Waals surface area contributed by atoms with Gasteiger partial charge in [-0.15, -0.1) is 0 Å². The lowest BCUT2D eigenvalue weighted by Crippen LogP contribution is -1.96. The highest BCUT2D eigenvalue weighted by Gasteiger charge is 1.99. The molecule has 1 aromatic heterocycles. The summed E-state index contributed by atoms with van der Waals surface area (Å²) < 4.78 is 5.22. The van der Waals surface area contributed by atoms with Crippen LogP contribution in [-0.2, 0) is 0 Å². The first kappa shape index (κ1) is 8.34. The monoisotopic (exact) mass is 171 g/mol. The number of halogens is 1. The Bertz CT molecular complexity index is 250. The lowest BCUT2D eigenvalue weighted by atomic mass is 10.3. The zero-order valence-electron chi connectivity index (χ0n) is 6.60. The van der Waals surface area contributed by atoms with Crippen molar-refractivity contribution >= 4 is 11.6 Å². The van der Waals surface area contributed by atoms with Crippen LogP contribution in [0.3, 0.4) is 0 Å². The van der Waals surface area contributed by atoms with Crippen LogP contribution in [0.4, 0.5) is 0 Å². The van der Waals surface area contributed by atoms with Gasteiger partial charge in [0.25, 0.3) is 0 Å². The number of rotatable bonds is 2. The van der Waals surface area contributed by atoms with Crippen molar-refractivity contribution < 1.29 is 4.74 Å². The first-order valence-electron chi connectivity index (χ1n) is 3.49. The number of aryl methyl sites for hydroxylation is 1. The molecule has 0 saturated carbocycles. The van der Waals surface area contributed by atoms with Crippen LogP contribution in [0.1, 0.15) is 12.5 Å². The summed E-state index contributed by atoms with van der Waals surface area (Å²) in [5.41, 5.74) is 0.972. The molecule has 0 atom stereocenters. The quantitative estimate of drug-likeness (QED) is 0.682. The Morgan fingerprint density at radius 2 is 2.36 bits per heavy atom. The average Bonchev–Trinajstić information content (AvgIpc) is 1.95. The highest BCUT2D eigenvalue weighted by Crippen LogP contribution is 2.17. The Kier molecular flexibility index (Phi) is 2.71. The molecule has 0 aliphatic carbocycles. The molecule has 0 aliphatic rings. The van der Waals surface area contributed by atoms with Gasteiger partial charge in [0.1, 0.15) is 0 Å². The van der Waals surface area contributed by atoms with Crippen molar-refractivity contribution in [1.82, 2.24) is 4.98 Å². The van der Waals surface area contributed by atoms with Crippen LogP contribution in [0.2, 0.25) is 5.02 Å². The second-order valence-electron chi connectivity index (χ2n) is 2.21. The number of nitrogens with zero attached hydrogens (tertiary/aromatic N) is 1. The zero-order chi connectivity index (χ0) is 8.27. The minimum atomic E-state index is 0.634. The molecule has 1 heterocycles. The summed E-state index contributed by atoms with van der Waals surface area (Å²) in [6, 6.07) is 1.83. The molecule has 1 aromatic rings. The standard InChI is InChI=1S/C8H10ClNO/c1-3-11-8-6(2)4-7(9)5-10-8/h4-5H,3H2,1-2H3. The summed E-state index contributed by atoms with van der Waals surface area (Å²) in [6.07, 6.45) is 1.58. The molecule has 0 bridgehead atoms. The molecule has 0 radical (unpaired) electrons. The normalized spacial score (nSPS) is 9.73. The Hall–Kier alpha value is -0.760. The van der Waals surface area contributed by atoms with E-state index < -0.39 is 0 Å². The Morgan fingerprint density at radius 3 is 2.91 bits per heavy atom. The van der Waals surface area contributed by atoms with Crippen molar-refractivity contribution in [2.45, 2.75) is 13.8 Å². The summed E-state index contributed by atoms with van der Waals surface area (Å²) in [4.78, 5) is 4.01. The van der Waals surface area contributed by atoms with Crippen LogP contribution in [0, 0.1) is 6.92 Å². The first-order chi connectivity index (χ1) is 5.24. The van der Waals surface area contributed by atoms with Crippen molar-refractivity contribution in [1.29, 1.82) is 0 Å². The highest BCUT2D eigenvalue weighted by molar-refractivity contribution is 6.30. The van der Waals surface area contributed by atoms with Gasteiger partial charge in [0.15, 0.2) is 0 Å². The van der Waals surface area contributed by atoms with Crippen LogP contribution in [0.5, 0.6) is 5.88 Å². The first-order valence-corrected chi connectivity index (χ1v) is 3.86. The van der Waals surface area contributed by atoms with Gasteiger partial charge in [0.2, 0.25) is 5.88 Å². The van der Waals surface area contributed by atoms with Crippen LogP contribution < -0.4 is 4.74 Å². The van der Waals surface area contributed by atoms with Crippen LogP contribution in [-0.4, -0.2) is 11.6 Å². The number of aromatic nitrogens is 1. The van der Waals surface area contributed by atoms with E-state index in [-0.39, 0.29) is 0 Å². The molecule has 60 valence electrons. The second kappa shape index (κ2) is 3.58. The van der Waals surface area contributed by atoms with Gasteiger partial charge in [0.05, 0.1) is 11.6 Å². The van der Waals surface area contributed by atoms with E-state index in [1.54, 1.807) is 6.20 Å². The molecular formula is C8H10ClNO. The molecule has 0 amide bonds. The van der Waals surface area contributed by atoms with E-state index in [0.717, 1.165) is 5.56 Å². The van der Waals surface area contributed by atoms with Crippen molar-refractivity contribution in [3.8, 4) is 5.88 Å². The molecule has 0 unspecified atom stereocenters. The topological polar surface area (TPSA) is 22.1 Å². The van der Waals surface area contributed by atoms with Gasteiger partial charge >= 0.3 is 0 Å². The summed E-state index contributed by atoms with van der Waals surface area (Å²) in [5, 5.41) is 0.644. The summed E-state index contributed by atoms with van der Waals surface area (Å²) in [6.45, 7) is 4.48. The Labute approximate surface area is 71.2 Å². The lowest BCUT2D eigenvalue weighted by molar-refractivity contribution is 0.324. The average molecular weight is 172 g/mol. The highest BCUT2D eigenvalue weighted by atomic mass is 35.5. The van der Waals surface area contributed by atoms with Crippen molar-refractivity contribution in [2.24, 2.45) is 0 Å². The zero-order valence-corrected chi connectivity index (χ0v) is 7.35. The van der Waals surface area contributed by atoms with Crippen molar-refractivity contribution in [3.05, 3.63) is 22.8 Å². The Balaban J connectivity index is 2.90. The number of hydrogen-bond donors (Lipinski definition) is 0. The number of pyridine rings is 1. The lowest BCUT2D eigenvalue weighted by Gasteiger charge is -2.04. The summed E-state index contributed by atoms with van der Waals surface area (Å²) >= 11 is 5.70. The van der Waals surface area contributed by atoms with Gasteiger partial charge in [-0.1, -0.05) is 11.6 Å². The molecule has 0 fully saturated rings. The fraction of sp³-hybridized carbons (Fsp3) is 0.375. The molecule has 0 aromatic carbocycles. The smallest absolute Gasteiger partial charge is 0.216 e.